The number of halogens is 1. The summed E-state index contributed by atoms with van der Waals surface area (Å²) in [5, 5.41) is 4.94. The Labute approximate surface area is 133 Å². The van der Waals surface area contributed by atoms with Crippen molar-refractivity contribution in [2.75, 3.05) is 17.2 Å². The van der Waals surface area contributed by atoms with Gasteiger partial charge in [0.15, 0.2) is 6.61 Å². The van der Waals surface area contributed by atoms with Crippen LogP contribution in [0.1, 0.15) is 12.5 Å². The van der Waals surface area contributed by atoms with Crippen molar-refractivity contribution >= 4 is 23.2 Å². The summed E-state index contributed by atoms with van der Waals surface area (Å²) in [5.41, 5.74) is 1.47. The van der Waals surface area contributed by atoms with E-state index >= 15 is 0 Å². The normalized spacial score (nSPS) is 10.0. The maximum atomic E-state index is 13.5. The Bertz CT molecular complexity index is 714. The third kappa shape index (κ3) is 5.10. The first-order chi connectivity index (χ1) is 10.9. The Kier molecular flexibility index (Phi) is 5.30. The molecule has 0 unspecified atom stereocenters. The van der Waals surface area contributed by atoms with Gasteiger partial charge in [0, 0.05) is 12.6 Å². The van der Waals surface area contributed by atoms with Gasteiger partial charge in [-0.05, 0) is 37.3 Å². The molecule has 0 saturated heterocycles. The lowest BCUT2D eigenvalue weighted by atomic mass is 10.2. The number of amides is 2. The number of carbonyl (C=O) groups excluding carboxylic acids is 2. The maximum absolute atomic E-state index is 13.5. The first-order valence-corrected chi connectivity index (χ1v) is 7.00. The number of nitrogens with one attached hydrogen (secondary N) is 2. The zero-order chi connectivity index (χ0) is 16.8. The van der Waals surface area contributed by atoms with E-state index in [1.54, 1.807) is 12.1 Å². The Morgan fingerprint density at radius 2 is 1.78 bits per heavy atom. The highest BCUT2D eigenvalue weighted by atomic mass is 19.1. The molecule has 0 saturated carbocycles. The molecule has 6 heteroatoms. The molecule has 23 heavy (non-hydrogen) atoms. The molecule has 0 aromatic heterocycles. The topological polar surface area (TPSA) is 67.4 Å². The fraction of sp³-hybridized carbons (Fsp3) is 0.176. The Morgan fingerprint density at radius 1 is 1.09 bits per heavy atom. The van der Waals surface area contributed by atoms with Crippen LogP contribution >= 0.6 is 0 Å². The van der Waals surface area contributed by atoms with Gasteiger partial charge in [-0.2, -0.15) is 0 Å². The van der Waals surface area contributed by atoms with E-state index in [0.29, 0.717) is 11.4 Å². The molecule has 2 amide bonds. The number of aryl methyl sites for hydroxylation is 1. The molecule has 0 aliphatic carbocycles. The third-order valence-corrected chi connectivity index (χ3v) is 2.95. The molecular formula is C17H17FN2O3. The molecule has 2 aromatic rings. The summed E-state index contributed by atoms with van der Waals surface area (Å²) in [6.45, 7) is 3.06. The van der Waals surface area contributed by atoms with Gasteiger partial charge in [-0.3, -0.25) is 9.59 Å². The van der Waals surface area contributed by atoms with E-state index in [1.807, 2.05) is 19.1 Å². The number of benzene rings is 2. The van der Waals surface area contributed by atoms with Gasteiger partial charge in [0.1, 0.15) is 11.6 Å². The van der Waals surface area contributed by atoms with Crippen molar-refractivity contribution in [1.82, 2.24) is 0 Å². The summed E-state index contributed by atoms with van der Waals surface area (Å²) in [6, 6.07) is 11.2. The first kappa shape index (κ1) is 16.5. The number of hydrogen-bond acceptors (Lipinski definition) is 3. The Morgan fingerprint density at radius 3 is 2.43 bits per heavy atom. The second-order valence-corrected chi connectivity index (χ2v) is 5.03. The predicted molar refractivity (Wildman–Crippen MR) is 86.0 cm³/mol. The average molecular weight is 316 g/mol. The molecule has 2 aromatic carbocycles. The number of carbonyl (C=O) groups is 2. The van der Waals surface area contributed by atoms with Crippen LogP contribution in [0.3, 0.4) is 0 Å². The van der Waals surface area contributed by atoms with Gasteiger partial charge in [0.2, 0.25) is 5.91 Å². The van der Waals surface area contributed by atoms with Crippen LogP contribution in [-0.2, 0) is 9.59 Å². The van der Waals surface area contributed by atoms with Crippen molar-refractivity contribution in [3.05, 3.63) is 53.8 Å². The molecule has 0 spiro atoms. The molecule has 2 N–H and O–H groups in total. The van der Waals surface area contributed by atoms with E-state index in [0.717, 1.165) is 5.56 Å². The van der Waals surface area contributed by atoms with E-state index < -0.39 is 11.7 Å². The lowest BCUT2D eigenvalue weighted by Crippen LogP contribution is -2.20. The zero-order valence-electron chi connectivity index (χ0n) is 12.9. The molecule has 0 radical (unpaired) electrons. The number of hydrogen-bond donors (Lipinski definition) is 2. The van der Waals surface area contributed by atoms with Crippen molar-refractivity contribution in [1.29, 1.82) is 0 Å². The van der Waals surface area contributed by atoms with Gasteiger partial charge >= 0.3 is 0 Å². The highest BCUT2D eigenvalue weighted by molar-refractivity contribution is 5.94. The lowest BCUT2D eigenvalue weighted by molar-refractivity contribution is -0.118. The molecular weight excluding hydrogens is 299 g/mol. The van der Waals surface area contributed by atoms with Crippen LogP contribution in [0.15, 0.2) is 42.5 Å². The van der Waals surface area contributed by atoms with Crippen LogP contribution in [0.5, 0.6) is 5.75 Å². The van der Waals surface area contributed by atoms with Crippen molar-refractivity contribution in [2.24, 2.45) is 0 Å². The fourth-order valence-electron chi connectivity index (χ4n) is 1.87. The summed E-state index contributed by atoms with van der Waals surface area (Å²) in [5.74, 6) is -0.765. The SMILES string of the molecule is CC(=O)Nc1cc(NC(=O)COc2ccc(C)cc2)ccc1F. The van der Waals surface area contributed by atoms with Crippen LogP contribution < -0.4 is 15.4 Å². The quantitative estimate of drug-likeness (QED) is 0.890. The average Bonchev–Trinajstić information content (AvgIpc) is 2.49. The molecule has 0 atom stereocenters. The minimum absolute atomic E-state index is 0.00903. The first-order valence-electron chi connectivity index (χ1n) is 7.00. The molecule has 5 nitrogen and oxygen atoms in total. The van der Waals surface area contributed by atoms with Crippen LogP contribution in [-0.4, -0.2) is 18.4 Å². The summed E-state index contributed by atoms with van der Waals surface area (Å²) >= 11 is 0. The zero-order valence-corrected chi connectivity index (χ0v) is 12.9. The molecule has 0 fully saturated rings. The minimum atomic E-state index is -0.575. The Balaban J connectivity index is 1.94. The van der Waals surface area contributed by atoms with Crippen LogP contribution in [0.25, 0.3) is 0 Å². The molecule has 120 valence electrons. The summed E-state index contributed by atoms with van der Waals surface area (Å²) in [4.78, 5) is 22.9. The van der Waals surface area contributed by atoms with E-state index in [-0.39, 0.29) is 18.2 Å². The maximum Gasteiger partial charge on any atom is 0.262 e. The minimum Gasteiger partial charge on any atom is -0.484 e. The van der Waals surface area contributed by atoms with E-state index in [2.05, 4.69) is 10.6 Å². The monoisotopic (exact) mass is 316 g/mol. The molecule has 0 heterocycles. The largest absolute Gasteiger partial charge is 0.484 e. The standard InChI is InChI=1S/C17H17FN2O3/c1-11-3-6-14(7-4-11)23-10-17(22)20-13-5-8-15(18)16(9-13)19-12(2)21/h3-9H,10H2,1-2H3,(H,19,21)(H,20,22). The van der Waals surface area contributed by atoms with Crippen molar-refractivity contribution in [2.45, 2.75) is 13.8 Å². The van der Waals surface area contributed by atoms with Crippen molar-refractivity contribution < 1.29 is 18.7 Å². The van der Waals surface area contributed by atoms with Gasteiger partial charge in [-0.1, -0.05) is 17.7 Å². The predicted octanol–water partition coefficient (Wildman–Crippen LogP) is 3.11. The van der Waals surface area contributed by atoms with E-state index in [9.17, 15) is 14.0 Å². The van der Waals surface area contributed by atoms with Gasteiger partial charge in [0.05, 0.1) is 5.69 Å². The van der Waals surface area contributed by atoms with Crippen molar-refractivity contribution in [3.63, 3.8) is 0 Å². The highest BCUT2D eigenvalue weighted by Crippen LogP contribution is 2.19. The summed E-state index contributed by atoms with van der Waals surface area (Å²) < 4.78 is 18.9. The van der Waals surface area contributed by atoms with Crippen LogP contribution in [0, 0.1) is 12.7 Å². The highest BCUT2D eigenvalue weighted by Gasteiger charge is 2.08. The lowest BCUT2D eigenvalue weighted by Gasteiger charge is -2.10. The smallest absolute Gasteiger partial charge is 0.262 e. The van der Waals surface area contributed by atoms with Gasteiger partial charge in [0.25, 0.3) is 5.91 Å². The summed E-state index contributed by atoms with van der Waals surface area (Å²) in [7, 11) is 0. The van der Waals surface area contributed by atoms with Gasteiger partial charge < -0.3 is 15.4 Å². The Hall–Kier alpha value is -2.89. The second-order valence-electron chi connectivity index (χ2n) is 5.03. The number of ether oxygens (including phenoxy) is 1. The van der Waals surface area contributed by atoms with Gasteiger partial charge in [-0.25, -0.2) is 4.39 Å². The van der Waals surface area contributed by atoms with E-state index in [4.69, 9.17) is 4.74 Å². The second kappa shape index (κ2) is 7.40. The molecule has 0 aliphatic heterocycles. The number of rotatable bonds is 5. The van der Waals surface area contributed by atoms with Crippen LogP contribution in [0.4, 0.5) is 15.8 Å². The van der Waals surface area contributed by atoms with Gasteiger partial charge in [-0.15, -0.1) is 0 Å². The summed E-state index contributed by atoms with van der Waals surface area (Å²) in [6.07, 6.45) is 0. The van der Waals surface area contributed by atoms with E-state index in [1.165, 1.54) is 25.1 Å². The van der Waals surface area contributed by atoms with Crippen LogP contribution in [0.2, 0.25) is 0 Å². The molecule has 0 bridgehead atoms. The molecule has 0 aliphatic rings. The third-order valence-electron chi connectivity index (χ3n) is 2.95. The fourth-order valence-corrected chi connectivity index (χ4v) is 1.87. The van der Waals surface area contributed by atoms with Crippen molar-refractivity contribution in [3.8, 4) is 5.75 Å². The molecule has 2 rings (SSSR count). The number of anilines is 2.